The molecular formula is C12H16N2O3S. The van der Waals surface area contributed by atoms with Crippen LogP contribution in [0.5, 0.6) is 5.75 Å². The van der Waals surface area contributed by atoms with Crippen LogP contribution >= 0.6 is 0 Å². The molecule has 0 saturated heterocycles. The lowest BCUT2D eigenvalue weighted by atomic mass is 10.1. The summed E-state index contributed by atoms with van der Waals surface area (Å²) >= 11 is 0. The van der Waals surface area contributed by atoms with Gasteiger partial charge >= 0.3 is 0 Å². The molecular weight excluding hydrogens is 252 g/mol. The fourth-order valence-corrected chi connectivity index (χ4v) is 2.14. The number of anilines is 1. The number of benzene rings is 1. The topological polar surface area (TPSA) is 67.4 Å². The summed E-state index contributed by atoms with van der Waals surface area (Å²) in [6.07, 6.45) is 1.61. The summed E-state index contributed by atoms with van der Waals surface area (Å²) in [5.41, 5.74) is 1.36. The van der Waals surface area contributed by atoms with Crippen molar-refractivity contribution in [2.75, 3.05) is 37.0 Å². The second-order valence-corrected chi connectivity index (χ2v) is 5.55. The standard InChI is InChI=1S/C12H16N2O3S/c1-18(16)8-6-14-12(15)9-3-2-4-10-11(9)17-7-5-13-10/h2-4,13H,5-8H2,1H3,(H,14,15). The van der Waals surface area contributed by atoms with Gasteiger partial charge in [-0.15, -0.1) is 0 Å². The molecule has 0 aromatic heterocycles. The number of rotatable bonds is 4. The van der Waals surface area contributed by atoms with E-state index < -0.39 is 10.8 Å². The van der Waals surface area contributed by atoms with Crippen molar-refractivity contribution in [1.82, 2.24) is 5.32 Å². The van der Waals surface area contributed by atoms with Crippen LogP contribution in [0.1, 0.15) is 10.4 Å². The number of hydrogen-bond acceptors (Lipinski definition) is 4. The molecule has 0 bridgehead atoms. The summed E-state index contributed by atoms with van der Waals surface area (Å²) in [7, 11) is -0.899. The normalized spacial score (nSPS) is 14.9. The number of carbonyl (C=O) groups excluding carboxylic acids is 1. The molecule has 0 saturated carbocycles. The van der Waals surface area contributed by atoms with E-state index in [2.05, 4.69) is 10.6 Å². The summed E-state index contributed by atoms with van der Waals surface area (Å²) < 4.78 is 16.4. The van der Waals surface area contributed by atoms with Crippen LogP contribution in [0.4, 0.5) is 5.69 Å². The third kappa shape index (κ3) is 3.01. The second-order valence-electron chi connectivity index (χ2n) is 3.99. The van der Waals surface area contributed by atoms with E-state index in [1.807, 2.05) is 12.1 Å². The largest absolute Gasteiger partial charge is 0.489 e. The van der Waals surface area contributed by atoms with Crippen LogP contribution in [0.3, 0.4) is 0 Å². The Bertz CT molecular complexity index is 476. The highest BCUT2D eigenvalue weighted by atomic mass is 32.2. The quantitative estimate of drug-likeness (QED) is 0.839. The van der Waals surface area contributed by atoms with Crippen molar-refractivity contribution >= 4 is 22.4 Å². The lowest BCUT2D eigenvalue weighted by Crippen LogP contribution is -2.29. The minimum absolute atomic E-state index is 0.194. The zero-order valence-corrected chi connectivity index (χ0v) is 11.0. The lowest BCUT2D eigenvalue weighted by molar-refractivity contribution is 0.0952. The molecule has 6 heteroatoms. The van der Waals surface area contributed by atoms with Gasteiger partial charge in [-0.05, 0) is 12.1 Å². The van der Waals surface area contributed by atoms with Gasteiger partial charge in [-0.1, -0.05) is 6.07 Å². The zero-order chi connectivity index (χ0) is 13.0. The molecule has 1 aromatic carbocycles. The summed E-state index contributed by atoms with van der Waals surface area (Å²) in [6.45, 7) is 1.70. The van der Waals surface area contributed by atoms with Gasteiger partial charge in [0.05, 0.1) is 11.3 Å². The van der Waals surface area contributed by atoms with Gasteiger partial charge in [0.2, 0.25) is 0 Å². The molecule has 2 rings (SSSR count). The molecule has 0 spiro atoms. The first-order valence-electron chi connectivity index (χ1n) is 5.76. The molecule has 0 aliphatic carbocycles. The van der Waals surface area contributed by atoms with Gasteiger partial charge in [0.1, 0.15) is 6.61 Å². The Labute approximate surface area is 108 Å². The predicted molar refractivity (Wildman–Crippen MR) is 71.7 cm³/mol. The van der Waals surface area contributed by atoms with Gasteiger partial charge in [-0.3, -0.25) is 9.00 Å². The van der Waals surface area contributed by atoms with Gasteiger partial charge < -0.3 is 15.4 Å². The molecule has 98 valence electrons. The first-order chi connectivity index (χ1) is 8.68. The van der Waals surface area contributed by atoms with Crippen LogP contribution in [0.15, 0.2) is 18.2 Å². The van der Waals surface area contributed by atoms with E-state index in [0.29, 0.717) is 30.2 Å². The highest BCUT2D eigenvalue weighted by Crippen LogP contribution is 2.30. The Morgan fingerprint density at radius 3 is 3.17 bits per heavy atom. The maximum atomic E-state index is 12.0. The van der Waals surface area contributed by atoms with Crippen molar-refractivity contribution < 1.29 is 13.7 Å². The number of para-hydroxylation sites is 1. The maximum absolute atomic E-state index is 12.0. The lowest BCUT2D eigenvalue weighted by Gasteiger charge is -2.21. The molecule has 1 atom stereocenters. The van der Waals surface area contributed by atoms with Crippen molar-refractivity contribution in [3.8, 4) is 5.75 Å². The van der Waals surface area contributed by atoms with Crippen molar-refractivity contribution in [1.29, 1.82) is 0 Å². The number of amides is 1. The molecule has 1 aromatic rings. The third-order valence-electron chi connectivity index (χ3n) is 2.60. The van der Waals surface area contributed by atoms with Gasteiger partial charge in [-0.25, -0.2) is 0 Å². The van der Waals surface area contributed by atoms with E-state index in [-0.39, 0.29) is 5.91 Å². The number of fused-ring (bicyclic) bond motifs is 1. The fourth-order valence-electron chi connectivity index (χ4n) is 1.75. The molecule has 2 N–H and O–H groups in total. The van der Waals surface area contributed by atoms with Gasteiger partial charge in [0.15, 0.2) is 5.75 Å². The SMILES string of the molecule is CS(=O)CCNC(=O)c1cccc2c1OCCN2. The Balaban J connectivity index is 2.08. The molecule has 1 unspecified atom stereocenters. The van der Waals surface area contributed by atoms with Crippen LogP contribution in [0.2, 0.25) is 0 Å². The van der Waals surface area contributed by atoms with Gasteiger partial charge in [0.25, 0.3) is 5.91 Å². The van der Waals surface area contributed by atoms with Crippen LogP contribution in [-0.2, 0) is 10.8 Å². The average molecular weight is 268 g/mol. The third-order valence-corrected chi connectivity index (χ3v) is 3.38. The fraction of sp³-hybridized carbons (Fsp3) is 0.417. The van der Waals surface area contributed by atoms with Crippen molar-refractivity contribution in [2.45, 2.75) is 0 Å². The number of hydrogen-bond donors (Lipinski definition) is 2. The van der Waals surface area contributed by atoms with E-state index in [9.17, 15) is 9.00 Å². The predicted octanol–water partition coefficient (Wildman–Crippen LogP) is 0.599. The van der Waals surface area contributed by atoms with Gasteiger partial charge in [-0.2, -0.15) is 0 Å². The van der Waals surface area contributed by atoms with Crippen LogP contribution in [-0.4, -0.2) is 41.8 Å². The Kier molecular flexibility index (Phi) is 4.19. The molecule has 1 aliphatic rings. The smallest absolute Gasteiger partial charge is 0.255 e. The van der Waals surface area contributed by atoms with Crippen molar-refractivity contribution in [2.24, 2.45) is 0 Å². The van der Waals surface area contributed by atoms with Crippen LogP contribution < -0.4 is 15.4 Å². The number of carbonyl (C=O) groups is 1. The first kappa shape index (κ1) is 12.9. The number of nitrogens with one attached hydrogen (secondary N) is 2. The maximum Gasteiger partial charge on any atom is 0.255 e. The summed E-state index contributed by atoms with van der Waals surface area (Å²) in [5.74, 6) is 0.861. The zero-order valence-electron chi connectivity index (χ0n) is 10.2. The molecule has 18 heavy (non-hydrogen) atoms. The minimum Gasteiger partial charge on any atom is -0.489 e. The van der Waals surface area contributed by atoms with Crippen LogP contribution in [0, 0.1) is 0 Å². The Hall–Kier alpha value is -1.56. The molecule has 1 aliphatic heterocycles. The van der Waals surface area contributed by atoms with E-state index in [1.165, 1.54) is 0 Å². The van der Waals surface area contributed by atoms with E-state index in [0.717, 1.165) is 12.2 Å². The summed E-state index contributed by atoms with van der Waals surface area (Å²) in [4.78, 5) is 12.0. The number of ether oxygens (including phenoxy) is 1. The summed E-state index contributed by atoms with van der Waals surface area (Å²) in [6, 6.07) is 5.42. The minimum atomic E-state index is -0.899. The van der Waals surface area contributed by atoms with Crippen molar-refractivity contribution in [3.63, 3.8) is 0 Å². The van der Waals surface area contributed by atoms with Crippen molar-refractivity contribution in [3.05, 3.63) is 23.8 Å². The first-order valence-corrected chi connectivity index (χ1v) is 7.49. The summed E-state index contributed by atoms with van der Waals surface area (Å²) in [5, 5.41) is 5.92. The average Bonchev–Trinajstić information content (AvgIpc) is 2.37. The van der Waals surface area contributed by atoms with E-state index in [1.54, 1.807) is 12.3 Å². The highest BCUT2D eigenvalue weighted by molar-refractivity contribution is 7.84. The van der Waals surface area contributed by atoms with E-state index >= 15 is 0 Å². The second kappa shape index (κ2) is 5.86. The van der Waals surface area contributed by atoms with Crippen LogP contribution in [0.25, 0.3) is 0 Å². The molecule has 0 radical (unpaired) electrons. The van der Waals surface area contributed by atoms with E-state index in [4.69, 9.17) is 4.74 Å². The highest BCUT2D eigenvalue weighted by Gasteiger charge is 2.18. The Morgan fingerprint density at radius 1 is 1.56 bits per heavy atom. The molecule has 1 amide bonds. The Morgan fingerprint density at radius 2 is 2.39 bits per heavy atom. The molecule has 1 heterocycles. The molecule has 5 nitrogen and oxygen atoms in total. The monoisotopic (exact) mass is 268 g/mol. The van der Waals surface area contributed by atoms with Gasteiger partial charge in [0, 0.05) is 35.9 Å². The molecule has 0 fully saturated rings.